The van der Waals surface area contributed by atoms with Crippen molar-refractivity contribution in [2.24, 2.45) is 5.92 Å². The fraction of sp³-hybridized carbons (Fsp3) is 0.462. The standard InChI is InChI=1S/C13H19NO4/c1-8(13(15)16)9(2)14-11-7-10(17-3)5-6-12(11)18-4/h5-9,14H,1-4H3,(H,15,16). The number of rotatable bonds is 6. The van der Waals surface area contributed by atoms with Crippen LogP contribution < -0.4 is 14.8 Å². The summed E-state index contributed by atoms with van der Waals surface area (Å²) in [5, 5.41) is 12.1. The van der Waals surface area contributed by atoms with E-state index in [1.54, 1.807) is 39.3 Å². The molecular formula is C13H19NO4. The summed E-state index contributed by atoms with van der Waals surface area (Å²) in [5.41, 5.74) is 0.720. The van der Waals surface area contributed by atoms with Gasteiger partial charge in [0, 0.05) is 12.1 Å². The predicted octanol–water partition coefficient (Wildman–Crippen LogP) is 2.22. The summed E-state index contributed by atoms with van der Waals surface area (Å²) in [6.07, 6.45) is 0. The van der Waals surface area contributed by atoms with Crippen LogP contribution in [0.3, 0.4) is 0 Å². The normalized spacial score (nSPS) is 13.6. The molecule has 2 unspecified atom stereocenters. The Hall–Kier alpha value is -1.91. The number of carboxylic acids is 1. The maximum absolute atomic E-state index is 10.9. The first-order chi connectivity index (χ1) is 8.49. The molecule has 18 heavy (non-hydrogen) atoms. The minimum atomic E-state index is -0.836. The molecule has 0 bridgehead atoms. The predicted molar refractivity (Wildman–Crippen MR) is 69.4 cm³/mol. The number of hydrogen-bond acceptors (Lipinski definition) is 4. The summed E-state index contributed by atoms with van der Waals surface area (Å²) in [4.78, 5) is 10.9. The van der Waals surface area contributed by atoms with Crippen LogP contribution >= 0.6 is 0 Å². The van der Waals surface area contributed by atoms with Gasteiger partial charge in [-0.05, 0) is 26.0 Å². The SMILES string of the molecule is COc1ccc(OC)c(NC(C)C(C)C(=O)O)c1. The first-order valence-electron chi connectivity index (χ1n) is 5.71. The number of aliphatic carboxylic acids is 1. The maximum atomic E-state index is 10.9. The fourth-order valence-corrected chi connectivity index (χ4v) is 1.51. The van der Waals surface area contributed by atoms with Gasteiger partial charge in [-0.3, -0.25) is 4.79 Å². The summed E-state index contributed by atoms with van der Waals surface area (Å²) in [5.74, 6) is 0.00601. The van der Waals surface area contributed by atoms with Crippen LogP contribution in [-0.4, -0.2) is 31.3 Å². The van der Waals surface area contributed by atoms with E-state index in [0.29, 0.717) is 11.5 Å². The Labute approximate surface area is 107 Å². The van der Waals surface area contributed by atoms with E-state index in [9.17, 15) is 4.79 Å². The van der Waals surface area contributed by atoms with Gasteiger partial charge in [-0.1, -0.05) is 0 Å². The molecule has 100 valence electrons. The van der Waals surface area contributed by atoms with Gasteiger partial charge in [0.15, 0.2) is 0 Å². The first kappa shape index (κ1) is 14.2. The molecule has 5 heteroatoms. The van der Waals surface area contributed by atoms with Crippen LogP contribution in [0.4, 0.5) is 5.69 Å². The van der Waals surface area contributed by atoms with Crippen LogP contribution in [0.1, 0.15) is 13.8 Å². The zero-order valence-electron chi connectivity index (χ0n) is 11.1. The highest BCUT2D eigenvalue weighted by atomic mass is 16.5. The number of carboxylic acid groups (broad SMARTS) is 1. The van der Waals surface area contributed by atoms with Gasteiger partial charge in [0.25, 0.3) is 0 Å². The Kier molecular flexibility index (Phi) is 4.83. The highest BCUT2D eigenvalue weighted by Gasteiger charge is 2.20. The zero-order chi connectivity index (χ0) is 13.7. The Morgan fingerprint density at radius 3 is 2.44 bits per heavy atom. The number of hydrogen-bond donors (Lipinski definition) is 2. The Balaban J connectivity index is 2.91. The number of carbonyl (C=O) groups is 1. The Bertz CT molecular complexity index is 419. The van der Waals surface area contributed by atoms with Crippen LogP contribution in [0.5, 0.6) is 11.5 Å². The molecule has 5 nitrogen and oxygen atoms in total. The molecule has 1 aromatic rings. The van der Waals surface area contributed by atoms with Crippen molar-refractivity contribution < 1.29 is 19.4 Å². The van der Waals surface area contributed by atoms with E-state index in [-0.39, 0.29) is 6.04 Å². The van der Waals surface area contributed by atoms with Crippen molar-refractivity contribution in [3.8, 4) is 11.5 Å². The molecule has 0 spiro atoms. The summed E-state index contributed by atoms with van der Waals surface area (Å²) < 4.78 is 10.4. The fourth-order valence-electron chi connectivity index (χ4n) is 1.51. The van der Waals surface area contributed by atoms with E-state index in [0.717, 1.165) is 5.69 Å². The molecule has 0 aliphatic heterocycles. The molecule has 0 amide bonds. The molecule has 0 aliphatic carbocycles. The number of methoxy groups -OCH3 is 2. The highest BCUT2D eigenvalue weighted by molar-refractivity contribution is 5.71. The molecule has 0 saturated heterocycles. The van der Waals surface area contributed by atoms with Crippen LogP contribution in [0, 0.1) is 5.92 Å². The average Bonchev–Trinajstić information content (AvgIpc) is 2.37. The van der Waals surface area contributed by atoms with Crippen LogP contribution in [0.2, 0.25) is 0 Å². The lowest BCUT2D eigenvalue weighted by molar-refractivity contribution is -0.141. The Morgan fingerprint density at radius 2 is 1.94 bits per heavy atom. The number of ether oxygens (including phenoxy) is 2. The molecule has 2 N–H and O–H groups in total. The largest absolute Gasteiger partial charge is 0.497 e. The van der Waals surface area contributed by atoms with E-state index in [1.165, 1.54) is 0 Å². The third kappa shape index (κ3) is 3.29. The third-order valence-electron chi connectivity index (χ3n) is 2.93. The van der Waals surface area contributed by atoms with Gasteiger partial charge < -0.3 is 19.9 Å². The summed E-state index contributed by atoms with van der Waals surface area (Å²) in [6, 6.07) is 5.13. The van der Waals surface area contributed by atoms with Crippen molar-refractivity contribution in [3.05, 3.63) is 18.2 Å². The number of nitrogens with one attached hydrogen (secondary N) is 1. The molecule has 0 saturated carbocycles. The minimum Gasteiger partial charge on any atom is -0.497 e. The molecule has 2 atom stereocenters. The van der Waals surface area contributed by atoms with Crippen molar-refractivity contribution in [1.82, 2.24) is 0 Å². The van der Waals surface area contributed by atoms with E-state index < -0.39 is 11.9 Å². The molecule has 1 aromatic carbocycles. The number of anilines is 1. The lowest BCUT2D eigenvalue weighted by atomic mass is 10.0. The maximum Gasteiger partial charge on any atom is 0.308 e. The molecule has 0 heterocycles. The van der Waals surface area contributed by atoms with Gasteiger partial charge in [-0.25, -0.2) is 0 Å². The second kappa shape index (κ2) is 6.14. The monoisotopic (exact) mass is 253 g/mol. The Morgan fingerprint density at radius 1 is 1.28 bits per heavy atom. The molecule has 0 aromatic heterocycles. The lowest BCUT2D eigenvalue weighted by Gasteiger charge is -2.21. The molecule has 0 aliphatic rings. The average molecular weight is 253 g/mol. The van der Waals surface area contributed by atoms with Crippen LogP contribution in [0.15, 0.2) is 18.2 Å². The van der Waals surface area contributed by atoms with Gasteiger partial charge in [-0.15, -0.1) is 0 Å². The molecule has 0 fully saturated rings. The second-order valence-corrected chi connectivity index (χ2v) is 4.13. The van der Waals surface area contributed by atoms with E-state index >= 15 is 0 Å². The van der Waals surface area contributed by atoms with E-state index in [1.807, 2.05) is 6.92 Å². The van der Waals surface area contributed by atoms with Gasteiger partial charge in [-0.2, -0.15) is 0 Å². The summed E-state index contributed by atoms with van der Waals surface area (Å²) in [7, 11) is 3.15. The smallest absolute Gasteiger partial charge is 0.308 e. The first-order valence-corrected chi connectivity index (χ1v) is 5.71. The van der Waals surface area contributed by atoms with Crippen molar-refractivity contribution in [2.45, 2.75) is 19.9 Å². The quantitative estimate of drug-likeness (QED) is 0.813. The van der Waals surface area contributed by atoms with Crippen LogP contribution in [-0.2, 0) is 4.79 Å². The van der Waals surface area contributed by atoms with Gasteiger partial charge in [0.2, 0.25) is 0 Å². The van der Waals surface area contributed by atoms with E-state index in [4.69, 9.17) is 14.6 Å². The number of benzene rings is 1. The minimum absolute atomic E-state index is 0.219. The molecular weight excluding hydrogens is 234 g/mol. The third-order valence-corrected chi connectivity index (χ3v) is 2.93. The van der Waals surface area contributed by atoms with Crippen LogP contribution in [0.25, 0.3) is 0 Å². The highest BCUT2D eigenvalue weighted by Crippen LogP contribution is 2.30. The van der Waals surface area contributed by atoms with Gasteiger partial charge in [0.05, 0.1) is 25.8 Å². The summed E-state index contributed by atoms with van der Waals surface area (Å²) >= 11 is 0. The molecule has 1 rings (SSSR count). The van der Waals surface area contributed by atoms with Crippen molar-refractivity contribution in [1.29, 1.82) is 0 Å². The van der Waals surface area contributed by atoms with Gasteiger partial charge >= 0.3 is 5.97 Å². The van der Waals surface area contributed by atoms with Crippen molar-refractivity contribution in [2.75, 3.05) is 19.5 Å². The van der Waals surface area contributed by atoms with Gasteiger partial charge in [0.1, 0.15) is 11.5 Å². The van der Waals surface area contributed by atoms with E-state index in [2.05, 4.69) is 5.32 Å². The topological polar surface area (TPSA) is 67.8 Å². The zero-order valence-corrected chi connectivity index (χ0v) is 11.1. The van der Waals surface area contributed by atoms with Crippen molar-refractivity contribution in [3.63, 3.8) is 0 Å². The molecule has 0 radical (unpaired) electrons. The lowest BCUT2D eigenvalue weighted by Crippen LogP contribution is -2.29. The second-order valence-electron chi connectivity index (χ2n) is 4.13. The summed E-state index contributed by atoms with van der Waals surface area (Å²) in [6.45, 7) is 3.48. The van der Waals surface area contributed by atoms with Crippen molar-refractivity contribution >= 4 is 11.7 Å².